The van der Waals surface area contributed by atoms with Crippen molar-refractivity contribution in [3.05, 3.63) is 109 Å². The molecule has 8 unspecified atom stereocenters. The number of carbonyl (C=O) groups is 2. The lowest BCUT2D eigenvalue weighted by Crippen LogP contribution is -2.61. The van der Waals surface area contributed by atoms with Crippen LogP contribution >= 0.6 is 0 Å². The zero-order valence-corrected chi connectivity index (χ0v) is 49.2. The van der Waals surface area contributed by atoms with Crippen LogP contribution in [0, 0.1) is 0 Å². The summed E-state index contributed by atoms with van der Waals surface area (Å²) in [6.07, 6.45) is 62.7. The molecule has 0 aromatic heterocycles. The Morgan fingerprint density at radius 2 is 0.974 bits per heavy atom. The van der Waals surface area contributed by atoms with Crippen LogP contribution in [0.4, 0.5) is 0 Å². The molecule has 0 aromatic carbocycles. The van der Waals surface area contributed by atoms with Gasteiger partial charge in [0.2, 0.25) is 5.91 Å². The maximum Gasteiger partial charge on any atom is 0.306 e. The molecule has 0 radical (unpaired) electrons. The molecule has 1 heterocycles. The maximum absolute atomic E-state index is 13.4. The number of amides is 1. The summed E-state index contributed by atoms with van der Waals surface area (Å²) in [4.78, 5) is 26.5. The first-order valence-electron chi connectivity index (χ1n) is 31.2. The summed E-state index contributed by atoms with van der Waals surface area (Å²) in [6.45, 7) is 5.58. The number of unbranched alkanes of at least 4 members (excludes halogenated alkanes) is 25. The molecule has 1 amide bonds. The minimum atomic E-state index is -1.63. The van der Waals surface area contributed by atoms with Crippen molar-refractivity contribution < 1.29 is 49.3 Å². The van der Waals surface area contributed by atoms with Crippen LogP contribution in [0.2, 0.25) is 0 Å². The fourth-order valence-corrected chi connectivity index (χ4v) is 9.09. The Labute approximate surface area is 475 Å². The number of hydrogen-bond donors (Lipinski definition) is 6. The average molecular weight is 1090 g/mol. The van der Waals surface area contributed by atoms with Crippen LogP contribution in [-0.2, 0) is 23.8 Å². The minimum Gasteiger partial charge on any atom is -0.454 e. The van der Waals surface area contributed by atoms with Gasteiger partial charge in [-0.25, -0.2) is 0 Å². The second-order valence-electron chi connectivity index (χ2n) is 21.2. The molecule has 11 nitrogen and oxygen atoms in total. The highest BCUT2D eigenvalue weighted by Crippen LogP contribution is 2.26. The second-order valence-corrected chi connectivity index (χ2v) is 21.2. The first kappa shape index (κ1) is 72.3. The maximum atomic E-state index is 13.4. The number of rotatable bonds is 51. The van der Waals surface area contributed by atoms with Gasteiger partial charge in [0.05, 0.1) is 25.4 Å². The van der Waals surface area contributed by atoms with Crippen LogP contribution in [0.5, 0.6) is 0 Å². The molecule has 11 heteroatoms. The molecule has 0 aliphatic carbocycles. The second kappa shape index (κ2) is 53.9. The van der Waals surface area contributed by atoms with E-state index >= 15 is 0 Å². The van der Waals surface area contributed by atoms with E-state index in [1.165, 1.54) is 103 Å². The van der Waals surface area contributed by atoms with E-state index < -0.39 is 67.4 Å². The molecule has 8 atom stereocenters. The van der Waals surface area contributed by atoms with E-state index in [1.54, 1.807) is 6.08 Å². The Balaban J connectivity index is 2.67. The van der Waals surface area contributed by atoms with Gasteiger partial charge in [-0.2, -0.15) is 0 Å². The number of allylic oxidation sites excluding steroid dienone is 17. The normalized spacial score (nSPS) is 19.7. The Hall–Kier alpha value is -3.68. The molecule has 0 bridgehead atoms. The van der Waals surface area contributed by atoms with Gasteiger partial charge in [0.1, 0.15) is 24.4 Å². The molecule has 0 spiro atoms. The lowest BCUT2D eigenvalue weighted by atomic mass is 9.99. The van der Waals surface area contributed by atoms with Crippen molar-refractivity contribution >= 4 is 11.9 Å². The summed E-state index contributed by atoms with van der Waals surface area (Å²) in [6, 6.07) is -1.05. The molecule has 446 valence electrons. The van der Waals surface area contributed by atoms with Crippen molar-refractivity contribution in [1.82, 2.24) is 5.32 Å². The number of ether oxygens (including phenoxy) is 3. The van der Waals surface area contributed by atoms with Gasteiger partial charge in [0, 0.05) is 6.42 Å². The van der Waals surface area contributed by atoms with Crippen LogP contribution in [-0.4, -0.2) is 99.6 Å². The van der Waals surface area contributed by atoms with Gasteiger partial charge in [-0.05, 0) is 83.5 Å². The number of esters is 1. The first-order valence-corrected chi connectivity index (χ1v) is 31.2. The van der Waals surface area contributed by atoms with E-state index in [0.717, 1.165) is 89.9 Å². The molecule has 1 aliphatic rings. The van der Waals surface area contributed by atoms with Crippen molar-refractivity contribution in [1.29, 1.82) is 0 Å². The largest absolute Gasteiger partial charge is 0.454 e. The molecule has 1 aliphatic heterocycles. The van der Waals surface area contributed by atoms with E-state index in [0.29, 0.717) is 12.8 Å². The molecule has 1 saturated heterocycles. The summed E-state index contributed by atoms with van der Waals surface area (Å²) < 4.78 is 17.6. The Kier molecular flexibility index (Phi) is 50.0. The highest BCUT2D eigenvalue weighted by molar-refractivity contribution is 5.80. The zero-order valence-electron chi connectivity index (χ0n) is 49.2. The minimum absolute atomic E-state index is 0.108. The van der Waals surface area contributed by atoms with Gasteiger partial charge in [-0.15, -0.1) is 0 Å². The van der Waals surface area contributed by atoms with E-state index in [-0.39, 0.29) is 19.4 Å². The summed E-state index contributed by atoms with van der Waals surface area (Å²) >= 11 is 0. The molecular formula is C67H113NO10. The SMILES string of the molecule is CC/C=C/C=C/C=C\C=C/C=C/CCCCC(O)C(=O)NC(COC1OC(CO)C(O)C(O)C1OC(=O)CCCCCCCCCCCC/C=C\C/C=C\C/C=C\CCCCC)C(O)/C=C/CCCCCCCCCCCC. The molecule has 1 rings (SSSR count). The fraction of sp³-hybridized carbons (Fsp3) is 0.701. The number of nitrogens with one attached hydrogen (secondary N) is 1. The standard InChI is InChI=1S/C67H113NO10/c1-4-7-10-13-16-19-22-25-27-28-29-30-31-32-33-34-35-37-40-43-46-49-52-55-62(72)78-65-64(74)63(73)61(56-69)77-67(65)76-57-58(59(70)53-50-47-44-41-38-24-21-18-15-12-9-6-3)68-66(75)60(71)54-51-48-45-42-39-36-26-23-20-17-14-11-8-5-2/h8,11,14,16-17,19-20,23,25-27,29-30,36,39,42,50,53,58-61,63-65,67,69-71,73-74H,4-7,9-10,12-13,15,18,21-22,24,28,31-35,37-38,40-41,43-49,51-52,54-57H2,1-3H3,(H,68,75)/b11-8+,17-14+,19-16-,23-20-,27-25-,30-29-,36-26-,42-39+,53-50+. The van der Waals surface area contributed by atoms with Crippen LogP contribution in [0.25, 0.3) is 0 Å². The number of aliphatic hydroxyl groups is 5. The van der Waals surface area contributed by atoms with Gasteiger partial charge in [0.25, 0.3) is 0 Å². The molecule has 0 saturated carbocycles. The third kappa shape index (κ3) is 41.3. The van der Waals surface area contributed by atoms with Crippen LogP contribution < -0.4 is 5.32 Å². The third-order valence-electron chi connectivity index (χ3n) is 14.0. The van der Waals surface area contributed by atoms with E-state index in [9.17, 15) is 35.1 Å². The van der Waals surface area contributed by atoms with E-state index in [2.05, 4.69) is 68.6 Å². The number of hydrogen-bond acceptors (Lipinski definition) is 10. The van der Waals surface area contributed by atoms with Gasteiger partial charge < -0.3 is 45.1 Å². The van der Waals surface area contributed by atoms with Gasteiger partial charge in [-0.3, -0.25) is 9.59 Å². The topological polar surface area (TPSA) is 175 Å². The molecule has 1 fully saturated rings. The van der Waals surface area contributed by atoms with Gasteiger partial charge in [0.15, 0.2) is 12.4 Å². The Bertz CT molecular complexity index is 1680. The van der Waals surface area contributed by atoms with Crippen molar-refractivity contribution in [2.45, 2.75) is 288 Å². The Morgan fingerprint density at radius 3 is 1.53 bits per heavy atom. The molecule has 6 N–H and O–H groups in total. The summed E-state index contributed by atoms with van der Waals surface area (Å²) in [5.74, 6) is -1.25. The lowest BCUT2D eigenvalue weighted by Gasteiger charge is -2.41. The van der Waals surface area contributed by atoms with E-state index in [1.807, 2.05) is 60.8 Å². The van der Waals surface area contributed by atoms with Crippen molar-refractivity contribution in [3.63, 3.8) is 0 Å². The van der Waals surface area contributed by atoms with Gasteiger partial charge >= 0.3 is 5.97 Å². The summed E-state index contributed by atoms with van der Waals surface area (Å²) in [7, 11) is 0. The quantitative estimate of drug-likeness (QED) is 0.0149. The predicted molar refractivity (Wildman–Crippen MR) is 324 cm³/mol. The highest BCUT2D eigenvalue weighted by Gasteiger charge is 2.47. The number of aliphatic hydroxyl groups excluding tert-OH is 5. The predicted octanol–water partition coefficient (Wildman–Crippen LogP) is 14.9. The van der Waals surface area contributed by atoms with Crippen LogP contribution in [0.3, 0.4) is 0 Å². The Morgan fingerprint density at radius 1 is 0.526 bits per heavy atom. The van der Waals surface area contributed by atoms with E-state index in [4.69, 9.17) is 14.2 Å². The number of carbonyl (C=O) groups excluding carboxylic acids is 2. The highest BCUT2D eigenvalue weighted by atomic mass is 16.7. The molecular weight excluding hydrogens is 979 g/mol. The zero-order chi connectivity index (χ0) is 56.8. The lowest BCUT2D eigenvalue weighted by molar-refractivity contribution is -0.305. The third-order valence-corrected chi connectivity index (χ3v) is 14.0. The smallest absolute Gasteiger partial charge is 0.306 e. The van der Waals surface area contributed by atoms with Crippen LogP contribution in [0.15, 0.2) is 109 Å². The first-order chi connectivity index (χ1) is 38.2. The van der Waals surface area contributed by atoms with Crippen molar-refractivity contribution in [2.24, 2.45) is 0 Å². The summed E-state index contributed by atoms with van der Waals surface area (Å²) in [5.41, 5.74) is 0. The van der Waals surface area contributed by atoms with Crippen molar-refractivity contribution in [3.8, 4) is 0 Å². The fourth-order valence-electron chi connectivity index (χ4n) is 9.09. The van der Waals surface area contributed by atoms with Crippen molar-refractivity contribution in [2.75, 3.05) is 13.2 Å². The molecule has 78 heavy (non-hydrogen) atoms. The van der Waals surface area contributed by atoms with Gasteiger partial charge in [-0.1, -0.05) is 259 Å². The average Bonchev–Trinajstić information content (AvgIpc) is 3.45. The summed E-state index contributed by atoms with van der Waals surface area (Å²) in [5, 5.41) is 56.9. The van der Waals surface area contributed by atoms with Crippen LogP contribution in [0.1, 0.15) is 239 Å². The monoisotopic (exact) mass is 1090 g/mol. The molecule has 0 aromatic rings.